The SMILES string of the molecule is C[C@H](O)C(N)=O.Cl. The Bertz CT molecular complexity index is 64.0. The first-order chi connectivity index (χ1) is 2.64. The number of amides is 1. The van der Waals surface area contributed by atoms with Crippen molar-refractivity contribution in [3.05, 3.63) is 0 Å². The quantitative estimate of drug-likeness (QED) is 0.486. The van der Waals surface area contributed by atoms with Crippen molar-refractivity contribution in [3.8, 4) is 0 Å². The molecule has 1 amide bonds. The van der Waals surface area contributed by atoms with Gasteiger partial charge in [-0.15, -0.1) is 12.4 Å². The summed E-state index contributed by atoms with van der Waals surface area (Å²) in [4.78, 5) is 9.67. The zero-order chi connectivity index (χ0) is 5.15. The van der Waals surface area contributed by atoms with Crippen molar-refractivity contribution in [1.29, 1.82) is 0 Å². The summed E-state index contributed by atoms with van der Waals surface area (Å²) in [6, 6.07) is 0. The zero-order valence-electron chi connectivity index (χ0n) is 3.92. The highest BCUT2D eigenvalue weighted by atomic mass is 35.5. The second kappa shape index (κ2) is 3.89. The van der Waals surface area contributed by atoms with E-state index in [9.17, 15) is 4.79 Å². The van der Waals surface area contributed by atoms with Crippen molar-refractivity contribution in [1.82, 2.24) is 0 Å². The Labute approximate surface area is 47.9 Å². The number of carbonyl (C=O) groups is 1. The predicted octanol–water partition coefficient (Wildman–Crippen LogP) is -0.726. The van der Waals surface area contributed by atoms with Gasteiger partial charge in [0.25, 0.3) is 0 Å². The molecule has 44 valence electrons. The summed E-state index contributed by atoms with van der Waals surface area (Å²) >= 11 is 0. The molecule has 0 aromatic carbocycles. The molecule has 0 fully saturated rings. The van der Waals surface area contributed by atoms with Gasteiger partial charge >= 0.3 is 0 Å². The summed E-state index contributed by atoms with van der Waals surface area (Å²) in [7, 11) is 0. The molecule has 0 saturated heterocycles. The largest absolute Gasteiger partial charge is 0.384 e. The molecule has 0 aliphatic carbocycles. The van der Waals surface area contributed by atoms with Crippen molar-refractivity contribution >= 4 is 18.3 Å². The van der Waals surface area contributed by atoms with Crippen LogP contribution in [0.15, 0.2) is 0 Å². The van der Waals surface area contributed by atoms with E-state index in [1.54, 1.807) is 0 Å². The van der Waals surface area contributed by atoms with Crippen LogP contribution in [-0.4, -0.2) is 17.1 Å². The van der Waals surface area contributed by atoms with Crippen molar-refractivity contribution in [2.75, 3.05) is 0 Å². The van der Waals surface area contributed by atoms with E-state index in [4.69, 9.17) is 5.11 Å². The van der Waals surface area contributed by atoms with E-state index in [1.807, 2.05) is 0 Å². The van der Waals surface area contributed by atoms with Crippen LogP contribution in [0.3, 0.4) is 0 Å². The molecule has 3 nitrogen and oxygen atoms in total. The van der Waals surface area contributed by atoms with Crippen molar-refractivity contribution in [2.24, 2.45) is 5.73 Å². The Kier molecular flexibility index (Phi) is 5.49. The van der Waals surface area contributed by atoms with Gasteiger partial charge in [0.1, 0.15) is 6.10 Å². The van der Waals surface area contributed by atoms with Gasteiger partial charge in [0.2, 0.25) is 5.91 Å². The van der Waals surface area contributed by atoms with Crippen LogP contribution in [0.25, 0.3) is 0 Å². The molecular formula is C3H8ClNO2. The van der Waals surface area contributed by atoms with Crippen LogP contribution in [0.1, 0.15) is 6.92 Å². The molecule has 1 atom stereocenters. The molecule has 0 heterocycles. The first-order valence-electron chi connectivity index (χ1n) is 1.62. The third-order valence-corrected chi connectivity index (χ3v) is 0.412. The first-order valence-corrected chi connectivity index (χ1v) is 1.62. The standard InChI is InChI=1S/C3H7NO2.ClH/c1-2(5)3(4)6;/h2,5H,1H3,(H2,4,6);1H/t2-;/m0./s1. The van der Waals surface area contributed by atoms with E-state index in [0.29, 0.717) is 0 Å². The zero-order valence-corrected chi connectivity index (χ0v) is 4.73. The Morgan fingerprint density at radius 3 is 2.00 bits per heavy atom. The Hall–Kier alpha value is -0.280. The Balaban J connectivity index is 0. The van der Waals surface area contributed by atoms with Crippen LogP contribution in [-0.2, 0) is 4.79 Å². The monoisotopic (exact) mass is 125 g/mol. The molecule has 7 heavy (non-hydrogen) atoms. The number of aliphatic hydroxyl groups excluding tert-OH is 1. The molecular weight excluding hydrogens is 117 g/mol. The van der Waals surface area contributed by atoms with Gasteiger partial charge in [-0.2, -0.15) is 0 Å². The average molecular weight is 126 g/mol. The van der Waals surface area contributed by atoms with Crippen molar-refractivity contribution < 1.29 is 9.90 Å². The summed E-state index contributed by atoms with van der Waals surface area (Å²) < 4.78 is 0. The fourth-order valence-electron chi connectivity index (χ4n) is 0. The van der Waals surface area contributed by atoms with Gasteiger partial charge in [-0.25, -0.2) is 0 Å². The molecule has 0 aliphatic heterocycles. The van der Waals surface area contributed by atoms with Crippen LogP contribution in [0.4, 0.5) is 0 Å². The third-order valence-electron chi connectivity index (χ3n) is 0.412. The molecule has 3 N–H and O–H groups in total. The fraction of sp³-hybridized carbons (Fsp3) is 0.667. The number of primary amides is 1. The van der Waals surface area contributed by atoms with Crippen molar-refractivity contribution in [2.45, 2.75) is 13.0 Å². The third kappa shape index (κ3) is 5.72. The normalized spacial score (nSPS) is 11.7. The topological polar surface area (TPSA) is 63.3 Å². The van der Waals surface area contributed by atoms with Crippen LogP contribution < -0.4 is 5.73 Å². The molecule has 4 heteroatoms. The molecule has 0 radical (unpaired) electrons. The van der Waals surface area contributed by atoms with E-state index >= 15 is 0 Å². The molecule has 0 spiro atoms. The maximum atomic E-state index is 9.67. The molecule has 0 unspecified atom stereocenters. The summed E-state index contributed by atoms with van der Waals surface area (Å²) in [6.07, 6.45) is -1.01. The molecule has 0 rings (SSSR count). The second-order valence-corrected chi connectivity index (χ2v) is 1.08. The van der Waals surface area contributed by atoms with Gasteiger partial charge in [0.05, 0.1) is 0 Å². The molecule has 0 aliphatic rings. The van der Waals surface area contributed by atoms with Crippen LogP contribution >= 0.6 is 12.4 Å². The van der Waals surface area contributed by atoms with Crippen molar-refractivity contribution in [3.63, 3.8) is 0 Å². The van der Waals surface area contributed by atoms with E-state index in [-0.39, 0.29) is 12.4 Å². The highest BCUT2D eigenvalue weighted by Crippen LogP contribution is 1.70. The molecule has 0 aromatic rings. The maximum absolute atomic E-state index is 9.67. The Morgan fingerprint density at radius 1 is 1.86 bits per heavy atom. The van der Waals surface area contributed by atoms with Crippen LogP contribution in [0, 0.1) is 0 Å². The fourth-order valence-corrected chi connectivity index (χ4v) is 0. The Morgan fingerprint density at radius 2 is 2.00 bits per heavy atom. The minimum Gasteiger partial charge on any atom is -0.384 e. The number of carbonyl (C=O) groups excluding carboxylic acids is 1. The van der Waals surface area contributed by atoms with E-state index in [2.05, 4.69) is 5.73 Å². The number of hydrogen-bond donors (Lipinski definition) is 2. The average Bonchev–Trinajstić information content (AvgIpc) is 1.36. The summed E-state index contributed by atoms with van der Waals surface area (Å²) in [6.45, 7) is 1.32. The number of aliphatic hydroxyl groups is 1. The number of rotatable bonds is 1. The van der Waals surface area contributed by atoms with Crippen LogP contribution in [0.2, 0.25) is 0 Å². The van der Waals surface area contributed by atoms with Gasteiger partial charge in [0, 0.05) is 0 Å². The number of hydrogen-bond acceptors (Lipinski definition) is 2. The van der Waals surface area contributed by atoms with E-state index in [0.717, 1.165) is 0 Å². The molecule has 0 bridgehead atoms. The minimum atomic E-state index is -1.01. The van der Waals surface area contributed by atoms with Crippen LogP contribution in [0.5, 0.6) is 0 Å². The van der Waals surface area contributed by atoms with Gasteiger partial charge in [-0.3, -0.25) is 4.79 Å². The highest BCUT2D eigenvalue weighted by molar-refractivity contribution is 5.85. The summed E-state index contributed by atoms with van der Waals surface area (Å²) in [5.41, 5.74) is 4.55. The lowest BCUT2D eigenvalue weighted by Gasteiger charge is -1.90. The maximum Gasteiger partial charge on any atom is 0.245 e. The lowest BCUT2D eigenvalue weighted by atomic mass is 10.4. The number of nitrogens with two attached hydrogens (primary N) is 1. The van der Waals surface area contributed by atoms with E-state index < -0.39 is 12.0 Å². The number of halogens is 1. The van der Waals surface area contributed by atoms with Gasteiger partial charge in [0.15, 0.2) is 0 Å². The highest BCUT2D eigenvalue weighted by Gasteiger charge is 1.98. The lowest BCUT2D eigenvalue weighted by molar-refractivity contribution is -0.125. The summed E-state index contributed by atoms with van der Waals surface area (Å²) in [5, 5.41) is 8.16. The predicted molar refractivity (Wildman–Crippen MR) is 28.1 cm³/mol. The summed E-state index contributed by atoms with van der Waals surface area (Å²) in [5.74, 6) is -0.685. The molecule has 0 saturated carbocycles. The minimum absolute atomic E-state index is 0. The molecule has 0 aromatic heterocycles. The van der Waals surface area contributed by atoms with Gasteiger partial charge in [-0.05, 0) is 6.92 Å². The lowest BCUT2D eigenvalue weighted by Crippen LogP contribution is -2.24. The first kappa shape index (κ1) is 9.87. The van der Waals surface area contributed by atoms with Gasteiger partial charge < -0.3 is 10.8 Å². The van der Waals surface area contributed by atoms with E-state index in [1.165, 1.54) is 6.92 Å². The second-order valence-electron chi connectivity index (χ2n) is 1.08. The smallest absolute Gasteiger partial charge is 0.245 e. The van der Waals surface area contributed by atoms with Gasteiger partial charge in [-0.1, -0.05) is 0 Å².